The maximum Gasteiger partial charge on any atom is 0.220 e. The van der Waals surface area contributed by atoms with Gasteiger partial charge in [-0.05, 0) is 31.7 Å². The summed E-state index contributed by atoms with van der Waals surface area (Å²) in [6.07, 6.45) is 3.26. The lowest BCUT2D eigenvalue weighted by Gasteiger charge is -2.31. The number of aryl methyl sites for hydroxylation is 2. The van der Waals surface area contributed by atoms with Crippen LogP contribution in [-0.4, -0.2) is 16.8 Å². The zero-order chi connectivity index (χ0) is 14.3. The maximum absolute atomic E-state index is 12.1. The Labute approximate surface area is 125 Å². The first kappa shape index (κ1) is 16.2. The fourth-order valence-corrected chi connectivity index (χ4v) is 3.07. The summed E-state index contributed by atoms with van der Waals surface area (Å²) in [4.78, 5) is 12.1. The van der Waals surface area contributed by atoms with Gasteiger partial charge in [0.1, 0.15) is 0 Å². The van der Waals surface area contributed by atoms with Gasteiger partial charge in [-0.15, -0.1) is 0 Å². The molecule has 0 unspecified atom stereocenters. The van der Waals surface area contributed by atoms with Crippen LogP contribution in [0.1, 0.15) is 44.2 Å². The molecule has 0 aliphatic rings. The van der Waals surface area contributed by atoms with Crippen molar-refractivity contribution in [3.8, 4) is 0 Å². The van der Waals surface area contributed by atoms with Gasteiger partial charge in [-0.3, -0.25) is 4.79 Å². The van der Waals surface area contributed by atoms with Gasteiger partial charge >= 0.3 is 0 Å². The Balaban J connectivity index is 2.52. The second kappa shape index (κ2) is 7.68. The van der Waals surface area contributed by atoms with Crippen molar-refractivity contribution in [2.75, 3.05) is 5.33 Å². The number of carbonyl (C=O) groups is 1. The van der Waals surface area contributed by atoms with E-state index in [-0.39, 0.29) is 11.4 Å². The largest absolute Gasteiger partial charge is 0.350 e. The van der Waals surface area contributed by atoms with Gasteiger partial charge < -0.3 is 5.32 Å². The van der Waals surface area contributed by atoms with Gasteiger partial charge in [0, 0.05) is 17.3 Å². The third-order valence-electron chi connectivity index (χ3n) is 3.74. The Morgan fingerprint density at radius 1 is 1.32 bits per heavy atom. The molecule has 1 aromatic rings. The minimum Gasteiger partial charge on any atom is -0.350 e. The van der Waals surface area contributed by atoms with Crippen LogP contribution in [0.4, 0.5) is 0 Å². The Morgan fingerprint density at radius 3 is 2.53 bits per heavy atom. The third kappa shape index (κ3) is 4.98. The van der Waals surface area contributed by atoms with Crippen LogP contribution in [0.2, 0.25) is 0 Å². The molecule has 2 nitrogen and oxygen atoms in total. The molecule has 0 bridgehead atoms. The highest BCUT2D eigenvalue weighted by molar-refractivity contribution is 9.09. The molecule has 1 amide bonds. The summed E-state index contributed by atoms with van der Waals surface area (Å²) in [6, 6.07) is 8.35. The van der Waals surface area contributed by atoms with E-state index >= 15 is 0 Å². The number of halogens is 1. The topological polar surface area (TPSA) is 29.1 Å². The van der Waals surface area contributed by atoms with Crippen LogP contribution in [0.25, 0.3) is 0 Å². The fourth-order valence-electron chi connectivity index (χ4n) is 2.13. The quantitative estimate of drug-likeness (QED) is 0.754. The molecule has 1 aromatic carbocycles. The monoisotopic (exact) mass is 325 g/mol. The van der Waals surface area contributed by atoms with Gasteiger partial charge in [-0.25, -0.2) is 0 Å². The molecular formula is C16H24BrNO. The van der Waals surface area contributed by atoms with Gasteiger partial charge in [0.25, 0.3) is 0 Å². The second-order valence-electron chi connectivity index (χ2n) is 5.16. The SMILES string of the molecule is CCC(CC)(CBr)NC(=O)CCc1cccc(C)c1. The van der Waals surface area contributed by atoms with E-state index in [2.05, 4.69) is 60.2 Å². The summed E-state index contributed by atoms with van der Waals surface area (Å²) in [5.41, 5.74) is 2.38. The number of benzene rings is 1. The number of alkyl halides is 1. The van der Waals surface area contributed by atoms with Crippen LogP contribution in [0, 0.1) is 6.92 Å². The average Bonchev–Trinajstić information content (AvgIpc) is 2.43. The summed E-state index contributed by atoms with van der Waals surface area (Å²) in [6.45, 7) is 6.31. The smallest absolute Gasteiger partial charge is 0.220 e. The van der Waals surface area contributed by atoms with Crippen molar-refractivity contribution in [1.29, 1.82) is 0 Å². The Hall–Kier alpha value is -0.830. The van der Waals surface area contributed by atoms with Gasteiger partial charge in [0.2, 0.25) is 5.91 Å². The summed E-state index contributed by atoms with van der Waals surface area (Å²) >= 11 is 3.51. The summed E-state index contributed by atoms with van der Waals surface area (Å²) in [7, 11) is 0. The van der Waals surface area contributed by atoms with Crippen molar-refractivity contribution in [3.05, 3.63) is 35.4 Å². The van der Waals surface area contributed by atoms with E-state index < -0.39 is 0 Å². The summed E-state index contributed by atoms with van der Waals surface area (Å²) in [5.74, 6) is 0.143. The highest BCUT2D eigenvalue weighted by atomic mass is 79.9. The number of hydrogen-bond donors (Lipinski definition) is 1. The zero-order valence-electron chi connectivity index (χ0n) is 12.1. The molecule has 0 fully saturated rings. The molecule has 19 heavy (non-hydrogen) atoms. The molecule has 0 aromatic heterocycles. The number of hydrogen-bond acceptors (Lipinski definition) is 1. The molecule has 1 N–H and O–H groups in total. The second-order valence-corrected chi connectivity index (χ2v) is 5.72. The van der Waals surface area contributed by atoms with Crippen LogP contribution in [-0.2, 0) is 11.2 Å². The van der Waals surface area contributed by atoms with Crippen LogP contribution < -0.4 is 5.32 Å². The van der Waals surface area contributed by atoms with Crippen molar-refractivity contribution < 1.29 is 4.79 Å². The summed E-state index contributed by atoms with van der Waals surface area (Å²) in [5, 5.41) is 3.99. The minimum absolute atomic E-state index is 0.0936. The maximum atomic E-state index is 12.1. The Bertz CT molecular complexity index is 405. The number of carbonyl (C=O) groups excluding carboxylic acids is 1. The van der Waals surface area contributed by atoms with Gasteiger partial charge in [0.15, 0.2) is 0 Å². The van der Waals surface area contributed by atoms with E-state index in [1.54, 1.807) is 0 Å². The standard InChI is InChI=1S/C16H24BrNO/c1-4-16(5-2,12-17)18-15(19)10-9-14-8-6-7-13(3)11-14/h6-8,11H,4-5,9-10,12H2,1-3H3,(H,18,19). The van der Waals surface area contributed by atoms with Crippen molar-refractivity contribution in [2.45, 2.75) is 52.0 Å². The van der Waals surface area contributed by atoms with Gasteiger partial charge in [-0.1, -0.05) is 59.6 Å². The zero-order valence-corrected chi connectivity index (χ0v) is 13.7. The predicted molar refractivity (Wildman–Crippen MR) is 84.7 cm³/mol. The summed E-state index contributed by atoms with van der Waals surface area (Å²) < 4.78 is 0. The average molecular weight is 326 g/mol. The van der Waals surface area contributed by atoms with E-state index in [1.807, 2.05) is 6.07 Å². The number of nitrogens with one attached hydrogen (secondary N) is 1. The van der Waals surface area contributed by atoms with Crippen molar-refractivity contribution in [1.82, 2.24) is 5.32 Å². The first-order valence-corrected chi connectivity index (χ1v) is 8.10. The van der Waals surface area contributed by atoms with E-state index in [1.165, 1.54) is 11.1 Å². The number of rotatable bonds is 7. The highest BCUT2D eigenvalue weighted by Gasteiger charge is 2.26. The number of amides is 1. The third-order valence-corrected chi connectivity index (χ3v) is 4.81. The molecule has 3 heteroatoms. The molecular weight excluding hydrogens is 302 g/mol. The highest BCUT2D eigenvalue weighted by Crippen LogP contribution is 2.18. The molecule has 0 saturated carbocycles. The molecule has 0 aliphatic heterocycles. The molecule has 1 rings (SSSR count). The van der Waals surface area contributed by atoms with E-state index in [4.69, 9.17) is 0 Å². The van der Waals surface area contributed by atoms with E-state index in [0.29, 0.717) is 6.42 Å². The lowest BCUT2D eigenvalue weighted by atomic mass is 9.95. The van der Waals surface area contributed by atoms with Gasteiger partial charge in [-0.2, -0.15) is 0 Å². The van der Waals surface area contributed by atoms with Crippen LogP contribution in [0.5, 0.6) is 0 Å². The molecule has 106 valence electrons. The van der Waals surface area contributed by atoms with Crippen LogP contribution >= 0.6 is 15.9 Å². The first-order valence-electron chi connectivity index (χ1n) is 6.97. The Morgan fingerprint density at radius 2 is 2.00 bits per heavy atom. The first-order chi connectivity index (χ1) is 9.05. The Kier molecular flexibility index (Phi) is 6.56. The fraction of sp³-hybridized carbons (Fsp3) is 0.562. The van der Waals surface area contributed by atoms with Crippen LogP contribution in [0.15, 0.2) is 24.3 Å². The van der Waals surface area contributed by atoms with E-state index in [0.717, 1.165) is 24.6 Å². The molecule has 0 spiro atoms. The predicted octanol–water partition coefficient (Wildman–Crippen LogP) is 4.00. The normalized spacial score (nSPS) is 11.4. The van der Waals surface area contributed by atoms with Crippen molar-refractivity contribution >= 4 is 21.8 Å². The molecule has 0 heterocycles. The molecule has 0 saturated heterocycles. The van der Waals surface area contributed by atoms with Crippen LogP contribution in [0.3, 0.4) is 0 Å². The van der Waals surface area contributed by atoms with Crippen molar-refractivity contribution in [3.63, 3.8) is 0 Å². The lowest BCUT2D eigenvalue weighted by molar-refractivity contribution is -0.122. The molecule has 0 aliphatic carbocycles. The van der Waals surface area contributed by atoms with Crippen molar-refractivity contribution in [2.24, 2.45) is 0 Å². The lowest BCUT2D eigenvalue weighted by Crippen LogP contribution is -2.49. The van der Waals surface area contributed by atoms with E-state index in [9.17, 15) is 4.79 Å². The molecule has 0 radical (unpaired) electrons. The molecule has 0 atom stereocenters. The minimum atomic E-state index is -0.0936. The van der Waals surface area contributed by atoms with Gasteiger partial charge in [0.05, 0.1) is 0 Å².